The number of rotatable bonds is 4. The molecule has 0 aliphatic carbocycles. The number of benzene rings is 3. The molecule has 0 saturated heterocycles. The number of hydrogen-bond acceptors (Lipinski definition) is 4. The number of aromatic hydroxyl groups is 1. The number of nitrogens with one attached hydrogen (secondary N) is 1. The Kier molecular flexibility index (Phi) is 4.43. The van der Waals surface area contributed by atoms with Gasteiger partial charge in [-0.25, -0.2) is 5.43 Å². The molecule has 0 bridgehead atoms. The number of nitrogens with zero attached hydrogens (tertiary/aromatic N) is 1. The molecule has 1 amide bonds. The maximum absolute atomic E-state index is 12.2. The first-order valence-corrected chi connectivity index (χ1v) is 7.37. The van der Waals surface area contributed by atoms with Crippen LogP contribution in [0.3, 0.4) is 0 Å². The monoisotopic (exact) mass is 320 g/mol. The number of carbonyl (C=O) groups excluding carboxylic acids is 1. The summed E-state index contributed by atoms with van der Waals surface area (Å²) in [6.07, 6.45) is 1.49. The fourth-order valence-electron chi connectivity index (χ4n) is 2.40. The molecule has 0 aliphatic rings. The van der Waals surface area contributed by atoms with Gasteiger partial charge in [-0.3, -0.25) is 4.79 Å². The first kappa shape index (κ1) is 15.6. The van der Waals surface area contributed by atoms with Crippen LogP contribution in [0.4, 0.5) is 0 Å². The van der Waals surface area contributed by atoms with Crippen LogP contribution in [0.5, 0.6) is 11.5 Å². The van der Waals surface area contributed by atoms with Crippen LogP contribution in [0.2, 0.25) is 0 Å². The lowest BCUT2D eigenvalue weighted by Crippen LogP contribution is -2.17. The third-order valence-electron chi connectivity index (χ3n) is 3.62. The Balaban J connectivity index is 1.80. The van der Waals surface area contributed by atoms with Crippen molar-refractivity contribution in [2.75, 3.05) is 7.11 Å². The molecule has 0 aliphatic heterocycles. The van der Waals surface area contributed by atoms with Gasteiger partial charge in [0.05, 0.1) is 18.9 Å². The van der Waals surface area contributed by atoms with Gasteiger partial charge in [0.25, 0.3) is 5.91 Å². The fraction of sp³-hybridized carbons (Fsp3) is 0.0526. The molecule has 3 rings (SSSR count). The Morgan fingerprint density at radius 1 is 1.08 bits per heavy atom. The molecule has 5 heteroatoms. The minimum atomic E-state index is -0.482. The van der Waals surface area contributed by atoms with E-state index in [-0.39, 0.29) is 11.3 Å². The molecule has 3 aromatic carbocycles. The van der Waals surface area contributed by atoms with Crippen LogP contribution in [-0.4, -0.2) is 24.3 Å². The van der Waals surface area contributed by atoms with E-state index >= 15 is 0 Å². The van der Waals surface area contributed by atoms with Gasteiger partial charge in [0.2, 0.25) is 0 Å². The Morgan fingerprint density at radius 3 is 2.50 bits per heavy atom. The lowest BCUT2D eigenvalue weighted by atomic mass is 10.1. The first-order chi connectivity index (χ1) is 11.7. The summed E-state index contributed by atoms with van der Waals surface area (Å²) in [7, 11) is 1.57. The third kappa shape index (κ3) is 3.20. The van der Waals surface area contributed by atoms with Gasteiger partial charge in [0.15, 0.2) is 0 Å². The molecule has 24 heavy (non-hydrogen) atoms. The fourth-order valence-corrected chi connectivity index (χ4v) is 2.40. The van der Waals surface area contributed by atoms with Gasteiger partial charge < -0.3 is 9.84 Å². The van der Waals surface area contributed by atoms with Crippen LogP contribution in [0, 0.1) is 0 Å². The standard InChI is InChI=1S/C19H16N2O3/c1-24-18-9-5-4-8-15(18)12-20-21-19(23)16-10-13-6-2-3-7-14(13)11-17(16)22/h2-12,22H,1H3,(H,21,23). The summed E-state index contributed by atoms with van der Waals surface area (Å²) >= 11 is 0. The summed E-state index contributed by atoms with van der Waals surface area (Å²) < 4.78 is 5.21. The van der Waals surface area contributed by atoms with Gasteiger partial charge in [-0.2, -0.15) is 5.10 Å². The zero-order chi connectivity index (χ0) is 16.9. The third-order valence-corrected chi connectivity index (χ3v) is 3.62. The molecular formula is C19H16N2O3. The number of hydrogen-bond donors (Lipinski definition) is 2. The van der Waals surface area contributed by atoms with Crippen molar-refractivity contribution >= 4 is 22.9 Å². The van der Waals surface area contributed by atoms with E-state index in [2.05, 4.69) is 10.5 Å². The second kappa shape index (κ2) is 6.83. The highest BCUT2D eigenvalue weighted by Crippen LogP contribution is 2.24. The number of fused-ring (bicyclic) bond motifs is 1. The van der Waals surface area contributed by atoms with Crippen LogP contribution in [0.1, 0.15) is 15.9 Å². The number of hydrazone groups is 1. The zero-order valence-electron chi connectivity index (χ0n) is 13.1. The highest BCUT2D eigenvalue weighted by molar-refractivity contribution is 6.01. The van der Waals surface area contributed by atoms with E-state index in [9.17, 15) is 9.90 Å². The first-order valence-electron chi connectivity index (χ1n) is 7.37. The van der Waals surface area contributed by atoms with Crippen LogP contribution in [0.15, 0.2) is 65.8 Å². The lowest BCUT2D eigenvalue weighted by Gasteiger charge is -2.06. The number of phenolic OH excluding ortho intramolecular Hbond substituents is 1. The average Bonchev–Trinajstić information content (AvgIpc) is 2.61. The van der Waals surface area contributed by atoms with Gasteiger partial charge in [0.1, 0.15) is 11.5 Å². The number of para-hydroxylation sites is 1. The molecule has 0 unspecified atom stereocenters. The van der Waals surface area contributed by atoms with Gasteiger partial charge in [-0.05, 0) is 35.0 Å². The summed E-state index contributed by atoms with van der Waals surface area (Å²) in [5.41, 5.74) is 3.33. The van der Waals surface area contributed by atoms with E-state index < -0.39 is 5.91 Å². The minimum absolute atomic E-state index is 0.0845. The molecule has 0 heterocycles. The number of ether oxygens (including phenoxy) is 1. The van der Waals surface area contributed by atoms with Gasteiger partial charge in [0, 0.05) is 5.56 Å². The predicted octanol–water partition coefficient (Wildman–Crippen LogP) is 3.32. The number of amides is 1. The van der Waals surface area contributed by atoms with Crippen LogP contribution >= 0.6 is 0 Å². The summed E-state index contributed by atoms with van der Waals surface area (Å²) in [5.74, 6) is 0.0899. The van der Waals surface area contributed by atoms with Crippen LogP contribution < -0.4 is 10.2 Å². The highest BCUT2D eigenvalue weighted by atomic mass is 16.5. The number of phenols is 1. The second-order valence-electron chi connectivity index (χ2n) is 5.16. The SMILES string of the molecule is COc1ccccc1C=NNC(=O)c1cc2ccccc2cc1O. The molecule has 0 radical (unpaired) electrons. The molecule has 0 atom stereocenters. The van der Waals surface area contributed by atoms with Crippen molar-refractivity contribution in [3.63, 3.8) is 0 Å². The molecule has 2 N–H and O–H groups in total. The maximum Gasteiger partial charge on any atom is 0.275 e. The van der Waals surface area contributed by atoms with Crippen molar-refractivity contribution in [3.05, 3.63) is 71.8 Å². The van der Waals surface area contributed by atoms with E-state index in [1.165, 1.54) is 6.21 Å². The van der Waals surface area contributed by atoms with Gasteiger partial charge in [-0.1, -0.05) is 36.4 Å². The molecule has 0 spiro atoms. The molecule has 0 saturated carbocycles. The van der Waals surface area contributed by atoms with Crippen molar-refractivity contribution in [1.82, 2.24) is 5.43 Å². The van der Waals surface area contributed by atoms with E-state index in [1.54, 1.807) is 25.3 Å². The van der Waals surface area contributed by atoms with Crippen LogP contribution in [0.25, 0.3) is 10.8 Å². The molecule has 3 aromatic rings. The molecular weight excluding hydrogens is 304 g/mol. The summed E-state index contributed by atoms with van der Waals surface area (Å²) in [5, 5.41) is 15.7. The van der Waals surface area contributed by atoms with E-state index in [0.717, 1.165) is 16.3 Å². The Bertz CT molecular complexity index is 919. The van der Waals surface area contributed by atoms with Crippen LogP contribution in [-0.2, 0) is 0 Å². The topological polar surface area (TPSA) is 70.9 Å². The van der Waals surface area contributed by atoms with E-state index in [4.69, 9.17) is 4.74 Å². The maximum atomic E-state index is 12.2. The van der Waals surface area contributed by atoms with Gasteiger partial charge >= 0.3 is 0 Å². The number of methoxy groups -OCH3 is 1. The molecule has 0 aromatic heterocycles. The lowest BCUT2D eigenvalue weighted by molar-refractivity contribution is 0.0952. The molecule has 120 valence electrons. The highest BCUT2D eigenvalue weighted by Gasteiger charge is 2.11. The van der Waals surface area contributed by atoms with Crippen molar-refractivity contribution < 1.29 is 14.6 Å². The smallest absolute Gasteiger partial charge is 0.275 e. The second-order valence-corrected chi connectivity index (χ2v) is 5.16. The molecule has 0 fully saturated rings. The van der Waals surface area contributed by atoms with Crippen molar-refractivity contribution in [3.8, 4) is 11.5 Å². The number of carbonyl (C=O) groups is 1. The van der Waals surface area contributed by atoms with Crippen molar-refractivity contribution in [2.45, 2.75) is 0 Å². The summed E-state index contributed by atoms with van der Waals surface area (Å²) in [6, 6.07) is 18.0. The Morgan fingerprint density at radius 2 is 1.75 bits per heavy atom. The van der Waals surface area contributed by atoms with E-state index in [0.29, 0.717) is 5.75 Å². The summed E-state index contributed by atoms with van der Waals surface area (Å²) in [6.45, 7) is 0. The summed E-state index contributed by atoms with van der Waals surface area (Å²) in [4.78, 5) is 12.2. The minimum Gasteiger partial charge on any atom is -0.507 e. The predicted molar refractivity (Wildman–Crippen MR) is 93.7 cm³/mol. The van der Waals surface area contributed by atoms with Crippen molar-refractivity contribution in [2.24, 2.45) is 5.10 Å². The Labute approximate surface area is 139 Å². The van der Waals surface area contributed by atoms with E-state index in [1.807, 2.05) is 42.5 Å². The largest absolute Gasteiger partial charge is 0.507 e. The normalized spacial score (nSPS) is 10.9. The quantitative estimate of drug-likeness (QED) is 0.572. The molecule has 5 nitrogen and oxygen atoms in total. The Hall–Kier alpha value is -3.34. The van der Waals surface area contributed by atoms with Crippen molar-refractivity contribution in [1.29, 1.82) is 0 Å². The average molecular weight is 320 g/mol. The zero-order valence-corrected chi connectivity index (χ0v) is 13.1. The van der Waals surface area contributed by atoms with Gasteiger partial charge in [-0.15, -0.1) is 0 Å².